The summed E-state index contributed by atoms with van der Waals surface area (Å²) in [6.45, 7) is 2.54. The largest absolute Gasteiger partial charge is 0.492 e. The van der Waals surface area contributed by atoms with Crippen molar-refractivity contribution >= 4 is 21.9 Å². The standard InChI is InChI=1S/C14H13BrN2O3/c1-2-10-11(14(18)19)17-13(16-10)9-6-8(15)5-7-3-4-20-12(7)9/h5-6H,2-4H2,1H3,(H,16,17)(H,18,19). The fourth-order valence-electron chi connectivity index (χ4n) is 2.41. The van der Waals surface area contributed by atoms with Crippen LogP contribution in [-0.2, 0) is 12.8 Å². The third kappa shape index (κ3) is 2.10. The Balaban J connectivity index is 2.17. The molecule has 0 aliphatic carbocycles. The quantitative estimate of drug-likeness (QED) is 0.903. The number of aromatic nitrogens is 2. The molecule has 1 aromatic carbocycles. The fraction of sp³-hybridized carbons (Fsp3) is 0.286. The molecular formula is C14H13BrN2O3. The highest BCUT2D eigenvalue weighted by Crippen LogP contribution is 2.38. The second-order valence-corrected chi connectivity index (χ2v) is 5.53. The Morgan fingerprint density at radius 2 is 2.35 bits per heavy atom. The van der Waals surface area contributed by atoms with Crippen LogP contribution in [0, 0.1) is 0 Å². The van der Waals surface area contributed by atoms with Gasteiger partial charge in [0, 0.05) is 16.6 Å². The zero-order valence-corrected chi connectivity index (χ0v) is 12.5. The van der Waals surface area contributed by atoms with E-state index < -0.39 is 5.97 Å². The van der Waals surface area contributed by atoms with Crippen LogP contribution < -0.4 is 4.74 Å². The Kier molecular flexibility index (Phi) is 3.25. The number of benzene rings is 1. The number of nitrogens with zero attached hydrogens (tertiary/aromatic N) is 1. The number of H-pyrrole nitrogens is 1. The molecule has 0 amide bonds. The lowest BCUT2D eigenvalue weighted by Crippen LogP contribution is -2.00. The number of carbonyl (C=O) groups is 1. The number of fused-ring (bicyclic) bond motifs is 1. The molecule has 1 aromatic heterocycles. The molecule has 104 valence electrons. The van der Waals surface area contributed by atoms with E-state index in [9.17, 15) is 9.90 Å². The maximum absolute atomic E-state index is 11.2. The minimum atomic E-state index is -1.02. The van der Waals surface area contributed by atoms with Crippen LogP contribution in [0.1, 0.15) is 28.7 Å². The number of carboxylic acid groups (broad SMARTS) is 1. The molecule has 2 N–H and O–H groups in total. The molecule has 0 saturated carbocycles. The summed E-state index contributed by atoms with van der Waals surface area (Å²) in [4.78, 5) is 18.5. The lowest BCUT2D eigenvalue weighted by Gasteiger charge is -2.06. The third-order valence-corrected chi connectivity index (χ3v) is 3.80. The van der Waals surface area contributed by atoms with Gasteiger partial charge in [-0.15, -0.1) is 0 Å². The van der Waals surface area contributed by atoms with Gasteiger partial charge in [-0.3, -0.25) is 0 Å². The van der Waals surface area contributed by atoms with E-state index in [0.717, 1.165) is 27.8 Å². The first-order valence-electron chi connectivity index (χ1n) is 6.38. The van der Waals surface area contributed by atoms with E-state index >= 15 is 0 Å². The molecule has 20 heavy (non-hydrogen) atoms. The molecule has 3 rings (SSSR count). The van der Waals surface area contributed by atoms with Crippen LogP contribution >= 0.6 is 15.9 Å². The molecule has 0 radical (unpaired) electrons. The number of imidazole rings is 1. The average molecular weight is 337 g/mol. The Labute approximate surface area is 124 Å². The number of aryl methyl sites for hydroxylation is 1. The van der Waals surface area contributed by atoms with E-state index in [2.05, 4.69) is 25.9 Å². The fourth-order valence-corrected chi connectivity index (χ4v) is 2.92. The predicted molar refractivity (Wildman–Crippen MR) is 77.3 cm³/mol. The summed E-state index contributed by atoms with van der Waals surface area (Å²) >= 11 is 3.47. The first-order chi connectivity index (χ1) is 9.60. The van der Waals surface area contributed by atoms with E-state index in [1.807, 2.05) is 19.1 Å². The highest BCUT2D eigenvalue weighted by Gasteiger charge is 2.23. The molecule has 6 heteroatoms. The van der Waals surface area contributed by atoms with Crippen molar-refractivity contribution in [1.82, 2.24) is 9.97 Å². The van der Waals surface area contributed by atoms with Gasteiger partial charge >= 0.3 is 5.97 Å². The third-order valence-electron chi connectivity index (χ3n) is 3.34. The van der Waals surface area contributed by atoms with Gasteiger partial charge in [0.15, 0.2) is 5.69 Å². The summed E-state index contributed by atoms with van der Waals surface area (Å²) in [7, 11) is 0. The second-order valence-electron chi connectivity index (χ2n) is 4.61. The van der Waals surface area contributed by atoms with Gasteiger partial charge in [0.05, 0.1) is 12.2 Å². The number of aromatic carboxylic acids is 1. The molecule has 0 bridgehead atoms. The highest BCUT2D eigenvalue weighted by atomic mass is 79.9. The molecule has 0 atom stereocenters. The van der Waals surface area contributed by atoms with Crippen molar-refractivity contribution < 1.29 is 14.6 Å². The maximum atomic E-state index is 11.2. The molecule has 0 saturated heterocycles. The molecule has 0 fully saturated rings. The topological polar surface area (TPSA) is 75.2 Å². The van der Waals surface area contributed by atoms with Crippen molar-refractivity contribution in [1.29, 1.82) is 0 Å². The lowest BCUT2D eigenvalue weighted by molar-refractivity contribution is 0.0690. The number of hydrogen-bond donors (Lipinski definition) is 2. The molecule has 1 aliphatic heterocycles. The Morgan fingerprint density at radius 1 is 1.55 bits per heavy atom. The molecule has 2 aromatic rings. The number of rotatable bonds is 3. The smallest absolute Gasteiger partial charge is 0.356 e. The molecule has 2 heterocycles. The zero-order valence-electron chi connectivity index (χ0n) is 10.9. The van der Waals surface area contributed by atoms with E-state index in [0.29, 0.717) is 24.5 Å². The summed E-state index contributed by atoms with van der Waals surface area (Å²) in [6, 6.07) is 3.92. The van der Waals surface area contributed by atoms with Crippen LogP contribution in [0.2, 0.25) is 0 Å². The van der Waals surface area contributed by atoms with Crippen LogP contribution in [0.15, 0.2) is 16.6 Å². The van der Waals surface area contributed by atoms with Gasteiger partial charge in [-0.1, -0.05) is 22.9 Å². The van der Waals surface area contributed by atoms with Gasteiger partial charge in [-0.05, 0) is 24.1 Å². The second kappa shape index (κ2) is 4.94. The number of halogens is 1. The van der Waals surface area contributed by atoms with Gasteiger partial charge in [0.1, 0.15) is 11.6 Å². The lowest BCUT2D eigenvalue weighted by atomic mass is 10.1. The van der Waals surface area contributed by atoms with Crippen LogP contribution in [0.4, 0.5) is 0 Å². The molecular weight excluding hydrogens is 324 g/mol. The average Bonchev–Trinajstić information content (AvgIpc) is 3.03. The van der Waals surface area contributed by atoms with Crippen molar-refractivity contribution in [3.05, 3.63) is 33.6 Å². The van der Waals surface area contributed by atoms with Crippen molar-refractivity contribution in [3.8, 4) is 17.1 Å². The summed E-state index contributed by atoms with van der Waals surface area (Å²) in [5.41, 5.74) is 2.61. The van der Waals surface area contributed by atoms with Gasteiger partial charge < -0.3 is 14.8 Å². The van der Waals surface area contributed by atoms with Crippen molar-refractivity contribution in [3.63, 3.8) is 0 Å². The Morgan fingerprint density at radius 3 is 3.00 bits per heavy atom. The summed E-state index contributed by atoms with van der Waals surface area (Å²) < 4.78 is 6.59. The summed E-state index contributed by atoms with van der Waals surface area (Å²) in [5.74, 6) is 0.317. The van der Waals surface area contributed by atoms with Crippen LogP contribution in [-0.4, -0.2) is 27.7 Å². The van der Waals surface area contributed by atoms with E-state index in [4.69, 9.17) is 4.74 Å². The summed E-state index contributed by atoms with van der Waals surface area (Å²) in [5, 5.41) is 9.18. The van der Waals surface area contributed by atoms with Gasteiger partial charge in [0.2, 0.25) is 0 Å². The minimum absolute atomic E-state index is 0.0780. The van der Waals surface area contributed by atoms with Gasteiger partial charge in [0.25, 0.3) is 0 Å². The van der Waals surface area contributed by atoms with Crippen LogP contribution in [0.25, 0.3) is 11.4 Å². The first-order valence-corrected chi connectivity index (χ1v) is 7.17. The van der Waals surface area contributed by atoms with E-state index in [1.165, 1.54) is 0 Å². The molecule has 0 unspecified atom stereocenters. The predicted octanol–water partition coefficient (Wildman–Crippen LogP) is 3.03. The monoisotopic (exact) mass is 336 g/mol. The van der Waals surface area contributed by atoms with Gasteiger partial charge in [-0.2, -0.15) is 0 Å². The number of carboxylic acids is 1. The maximum Gasteiger partial charge on any atom is 0.356 e. The Bertz CT molecular complexity index is 694. The summed E-state index contributed by atoms with van der Waals surface area (Å²) in [6.07, 6.45) is 1.45. The van der Waals surface area contributed by atoms with E-state index in [1.54, 1.807) is 0 Å². The molecule has 5 nitrogen and oxygen atoms in total. The first kappa shape index (κ1) is 13.2. The number of aromatic amines is 1. The number of ether oxygens (including phenoxy) is 1. The number of nitrogens with one attached hydrogen (secondary N) is 1. The normalized spacial score (nSPS) is 13.1. The van der Waals surface area contributed by atoms with Crippen molar-refractivity contribution in [2.45, 2.75) is 19.8 Å². The van der Waals surface area contributed by atoms with Crippen molar-refractivity contribution in [2.24, 2.45) is 0 Å². The van der Waals surface area contributed by atoms with Gasteiger partial charge in [-0.25, -0.2) is 9.78 Å². The number of hydrogen-bond acceptors (Lipinski definition) is 3. The molecule has 0 spiro atoms. The Hall–Kier alpha value is -1.82. The van der Waals surface area contributed by atoms with E-state index in [-0.39, 0.29) is 5.69 Å². The zero-order chi connectivity index (χ0) is 14.3. The van der Waals surface area contributed by atoms with Crippen LogP contribution in [0.3, 0.4) is 0 Å². The van der Waals surface area contributed by atoms with Crippen LogP contribution in [0.5, 0.6) is 5.75 Å². The minimum Gasteiger partial charge on any atom is -0.492 e. The van der Waals surface area contributed by atoms with Crippen molar-refractivity contribution in [2.75, 3.05) is 6.61 Å². The molecule has 1 aliphatic rings. The highest BCUT2D eigenvalue weighted by molar-refractivity contribution is 9.10. The SMILES string of the molecule is CCc1[nH]c(-c2cc(Br)cc3c2OCC3)nc1C(=O)O.